The van der Waals surface area contributed by atoms with Crippen molar-refractivity contribution in [1.29, 1.82) is 5.26 Å². The van der Waals surface area contributed by atoms with E-state index in [1.807, 2.05) is 36.5 Å². The number of nitrogens with zero attached hydrogens (tertiary/aromatic N) is 4. The topological polar surface area (TPSA) is 87.3 Å². The molecule has 2 N–H and O–H groups in total. The number of methoxy groups -OCH3 is 1. The van der Waals surface area contributed by atoms with Crippen molar-refractivity contribution in [1.82, 2.24) is 20.5 Å². The zero-order valence-corrected chi connectivity index (χ0v) is 14.8. The fourth-order valence-corrected chi connectivity index (χ4v) is 2.25. The van der Waals surface area contributed by atoms with Gasteiger partial charge in [0.25, 0.3) is 0 Å². The summed E-state index contributed by atoms with van der Waals surface area (Å²) in [6, 6.07) is 12.0. The number of rotatable bonds is 8. The summed E-state index contributed by atoms with van der Waals surface area (Å²) < 4.78 is 6.70. The van der Waals surface area contributed by atoms with Gasteiger partial charge in [-0.2, -0.15) is 15.5 Å². The van der Waals surface area contributed by atoms with Gasteiger partial charge in [0, 0.05) is 31.0 Å². The highest BCUT2D eigenvalue weighted by Gasteiger charge is 2.09. The number of hydrazone groups is 1. The van der Waals surface area contributed by atoms with Crippen molar-refractivity contribution in [2.45, 2.75) is 13.0 Å². The summed E-state index contributed by atoms with van der Waals surface area (Å²) in [7, 11) is 1.63. The molecule has 130 valence electrons. The maximum Gasteiger partial charge on any atom is 0.187 e. The van der Waals surface area contributed by atoms with Crippen molar-refractivity contribution in [3.05, 3.63) is 42.1 Å². The quantitative estimate of drug-likeness (QED) is 0.325. The molecule has 0 amide bonds. The van der Waals surface area contributed by atoms with Gasteiger partial charge in [-0.25, -0.2) is 0 Å². The summed E-state index contributed by atoms with van der Waals surface area (Å²) in [5.74, 6) is 0. The number of aryl methyl sites for hydroxylation is 1. The number of thiocarbonyl (C=S) groups is 1. The van der Waals surface area contributed by atoms with Gasteiger partial charge in [-0.1, -0.05) is 30.3 Å². The minimum absolute atomic E-state index is 0.401. The fraction of sp³-hybridized carbons (Fsp3) is 0.294. The van der Waals surface area contributed by atoms with E-state index in [0.29, 0.717) is 31.2 Å². The molecular formula is C17H20N6OS. The average molecular weight is 356 g/mol. The number of aromatic nitrogens is 2. The second-order valence-electron chi connectivity index (χ2n) is 5.09. The van der Waals surface area contributed by atoms with Crippen LogP contribution in [0.5, 0.6) is 0 Å². The highest BCUT2D eigenvalue weighted by molar-refractivity contribution is 7.80. The van der Waals surface area contributed by atoms with Crippen LogP contribution in [0.4, 0.5) is 0 Å². The molecule has 0 saturated heterocycles. The van der Waals surface area contributed by atoms with Crippen LogP contribution in [0.15, 0.2) is 41.6 Å². The van der Waals surface area contributed by atoms with E-state index in [4.69, 9.17) is 22.2 Å². The lowest BCUT2D eigenvalue weighted by molar-refractivity contribution is 0.204. The Balaban J connectivity index is 2.10. The third kappa shape index (κ3) is 5.99. The van der Waals surface area contributed by atoms with Gasteiger partial charge in [0.15, 0.2) is 5.11 Å². The Kier molecular flexibility index (Phi) is 7.56. The number of hydrogen-bond acceptors (Lipinski definition) is 5. The van der Waals surface area contributed by atoms with E-state index in [0.717, 1.165) is 16.8 Å². The minimum Gasteiger partial charge on any atom is -0.383 e. The van der Waals surface area contributed by atoms with Crippen LogP contribution in [-0.4, -0.2) is 41.4 Å². The van der Waals surface area contributed by atoms with E-state index in [2.05, 4.69) is 27.0 Å². The molecule has 1 aromatic carbocycles. The molecule has 8 heteroatoms. The predicted octanol–water partition coefficient (Wildman–Crippen LogP) is 1.91. The fourth-order valence-electron chi connectivity index (χ4n) is 2.10. The molecule has 0 bridgehead atoms. The summed E-state index contributed by atoms with van der Waals surface area (Å²) in [5.41, 5.74) is 5.40. The number of benzene rings is 1. The Labute approximate surface area is 152 Å². The molecule has 0 unspecified atom stereocenters. The van der Waals surface area contributed by atoms with Gasteiger partial charge in [-0.05, 0) is 12.2 Å². The SMILES string of the molecule is COCCNC(=S)N/N=C\c1cn(CCC#N)nc1-c1ccccc1. The first-order chi connectivity index (χ1) is 12.2. The zero-order chi connectivity index (χ0) is 17.9. The lowest BCUT2D eigenvalue weighted by Gasteiger charge is -2.05. The molecule has 2 rings (SSSR count). The van der Waals surface area contributed by atoms with E-state index in [9.17, 15) is 0 Å². The molecule has 0 aliphatic rings. The van der Waals surface area contributed by atoms with Crippen molar-refractivity contribution in [3.63, 3.8) is 0 Å². The van der Waals surface area contributed by atoms with E-state index in [1.54, 1.807) is 18.0 Å². The smallest absolute Gasteiger partial charge is 0.187 e. The Morgan fingerprint density at radius 1 is 1.44 bits per heavy atom. The lowest BCUT2D eigenvalue weighted by Crippen LogP contribution is -2.34. The van der Waals surface area contributed by atoms with Crippen molar-refractivity contribution in [2.24, 2.45) is 5.10 Å². The monoisotopic (exact) mass is 356 g/mol. The zero-order valence-electron chi connectivity index (χ0n) is 14.0. The highest BCUT2D eigenvalue weighted by atomic mass is 32.1. The van der Waals surface area contributed by atoms with E-state index >= 15 is 0 Å². The average Bonchev–Trinajstić information content (AvgIpc) is 3.04. The van der Waals surface area contributed by atoms with Crippen molar-refractivity contribution in [3.8, 4) is 17.3 Å². The van der Waals surface area contributed by atoms with Crippen LogP contribution in [0.25, 0.3) is 11.3 Å². The molecule has 1 aromatic heterocycles. The standard InChI is InChI=1S/C17H20N6OS/c1-24-11-9-19-17(25)21-20-12-15-13-23(10-5-8-18)22-16(15)14-6-3-2-4-7-14/h2-4,6-7,12-13H,5,9-11H2,1H3,(H2,19,21,25)/b20-12-. The van der Waals surface area contributed by atoms with E-state index < -0.39 is 0 Å². The third-order valence-corrected chi connectivity index (χ3v) is 3.49. The van der Waals surface area contributed by atoms with Gasteiger partial charge < -0.3 is 10.1 Å². The van der Waals surface area contributed by atoms with Gasteiger partial charge in [-0.15, -0.1) is 0 Å². The van der Waals surface area contributed by atoms with Crippen LogP contribution in [0.3, 0.4) is 0 Å². The van der Waals surface area contributed by atoms with Gasteiger partial charge in [0.05, 0.1) is 31.9 Å². The first-order valence-corrected chi connectivity index (χ1v) is 8.21. The summed E-state index contributed by atoms with van der Waals surface area (Å²) in [4.78, 5) is 0. The Morgan fingerprint density at radius 2 is 2.24 bits per heavy atom. The molecule has 1 heterocycles. The molecule has 0 radical (unpaired) electrons. The second-order valence-corrected chi connectivity index (χ2v) is 5.50. The summed E-state index contributed by atoms with van der Waals surface area (Å²) in [6.07, 6.45) is 3.94. The molecular weight excluding hydrogens is 336 g/mol. The normalized spacial score (nSPS) is 10.6. The molecule has 2 aromatic rings. The van der Waals surface area contributed by atoms with Gasteiger partial charge in [0.2, 0.25) is 0 Å². The van der Waals surface area contributed by atoms with Crippen molar-refractivity contribution in [2.75, 3.05) is 20.3 Å². The maximum absolute atomic E-state index is 8.75. The van der Waals surface area contributed by atoms with Crippen LogP contribution in [0, 0.1) is 11.3 Å². The highest BCUT2D eigenvalue weighted by Crippen LogP contribution is 2.20. The van der Waals surface area contributed by atoms with Crippen LogP contribution in [0.2, 0.25) is 0 Å². The van der Waals surface area contributed by atoms with Crippen LogP contribution < -0.4 is 10.7 Å². The molecule has 0 aliphatic carbocycles. The number of nitrogens with one attached hydrogen (secondary N) is 2. The Bertz CT molecular complexity index is 750. The van der Waals surface area contributed by atoms with E-state index in [1.165, 1.54) is 0 Å². The Hall–Kier alpha value is -2.76. The number of ether oxygens (including phenoxy) is 1. The molecule has 0 saturated carbocycles. The van der Waals surface area contributed by atoms with Crippen molar-refractivity contribution < 1.29 is 4.74 Å². The summed E-state index contributed by atoms with van der Waals surface area (Å²) >= 11 is 5.12. The largest absolute Gasteiger partial charge is 0.383 e. The maximum atomic E-state index is 8.75. The van der Waals surface area contributed by atoms with Gasteiger partial charge in [0.1, 0.15) is 5.69 Å². The van der Waals surface area contributed by atoms with Gasteiger partial charge in [-0.3, -0.25) is 10.1 Å². The van der Waals surface area contributed by atoms with Crippen LogP contribution >= 0.6 is 12.2 Å². The molecule has 7 nitrogen and oxygen atoms in total. The molecule has 0 fully saturated rings. The van der Waals surface area contributed by atoms with Crippen LogP contribution in [-0.2, 0) is 11.3 Å². The predicted molar refractivity (Wildman–Crippen MR) is 101 cm³/mol. The Morgan fingerprint density at radius 3 is 2.96 bits per heavy atom. The molecule has 0 spiro atoms. The van der Waals surface area contributed by atoms with Crippen LogP contribution in [0.1, 0.15) is 12.0 Å². The molecule has 0 atom stereocenters. The van der Waals surface area contributed by atoms with Crippen molar-refractivity contribution >= 4 is 23.5 Å². The lowest BCUT2D eigenvalue weighted by atomic mass is 10.1. The van der Waals surface area contributed by atoms with E-state index in [-0.39, 0.29) is 0 Å². The first kappa shape index (κ1) is 18.6. The minimum atomic E-state index is 0.401. The molecule has 25 heavy (non-hydrogen) atoms. The number of hydrogen-bond donors (Lipinski definition) is 2. The second kappa shape index (κ2) is 10.2. The number of nitriles is 1. The first-order valence-electron chi connectivity index (χ1n) is 7.80. The molecule has 0 aliphatic heterocycles. The summed E-state index contributed by atoms with van der Waals surface area (Å²) in [5, 5.41) is 20.9. The van der Waals surface area contributed by atoms with Gasteiger partial charge >= 0.3 is 0 Å². The summed E-state index contributed by atoms with van der Waals surface area (Å²) in [6.45, 7) is 1.71. The third-order valence-electron chi connectivity index (χ3n) is 3.25.